The molecule has 0 spiro atoms. The molecule has 1 heterocycles. The minimum atomic E-state index is -3.54. The van der Waals surface area contributed by atoms with E-state index in [1.54, 1.807) is 12.1 Å². The predicted molar refractivity (Wildman–Crippen MR) is 110 cm³/mol. The fourth-order valence-electron chi connectivity index (χ4n) is 3.24. The first-order valence-electron chi connectivity index (χ1n) is 9.19. The molecule has 0 unspecified atom stereocenters. The van der Waals surface area contributed by atoms with Crippen molar-refractivity contribution in [1.82, 2.24) is 5.32 Å². The van der Waals surface area contributed by atoms with E-state index in [9.17, 15) is 13.2 Å². The third-order valence-corrected chi connectivity index (χ3v) is 6.21. The minimum Gasteiger partial charge on any atom is -0.476 e. The van der Waals surface area contributed by atoms with Gasteiger partial charge in [-0.25, -0.2) is 8.42 Å². The van der Waals surface area contributed by atoms with Crippen LogP contribution in [0.2, 0.25) is 0 Å². The molecule has 0 saturated carbocycles. The van der Waals surface area contributed by atoms with Gasteiger partial charge in [0.2, 0.25) is 10.0 Å². The Bertz CT molecular complexity index is 1020. The van der Waals surface area contributed by atoms with Gasteiger partial charge in [-0.2, -0.15) is 0 Å². The number of sulfonamides is 1. The van der Waals surface area contributed by atoms with E-state index in [0.717, 1.165) is 22.9 Å². The van der Waals surface area contributed by atoms with Crippen molar-refractivity contribution >= 4 is 21.6 Å². The van der Waals surface area contributed by atoms with E-state index in [-0.39, 0.29) is 18.5 Å². The van der Waals surface area contributed by atoms with Crippen molar-refractivity contribution in [3.8, 4) is 5.75 Å². The van der Waals surface area contributed by atoms with Gasteiger partial charge in [-0.1, -0.05) is 24.3 Å². The molecule has 2 aromatic rings. The van der Waals surface area contributed by atoms with Crippen molar-refractivity contribution in [2.75, 3.05) is 17.1 Å². The molecule has 3 rings (SSSR count). The molecule has 2 aromatic carbocycles. The molecule has 1 aliphatic heterocycles. The lowest BCUT2D eigenvalue weighted by atomic mass is 10.0. The number of carbonyl (C=O) groups is 1. The van der Waals surface area contributed by atoms with Crippen LogP contribution in [0.5, 0.6) is 5.75 Å². The average molecular weight is 403 g/mol. The van der Waals surface area contributed by atoms with Gasteiger partial charge in [0.05, 0.1) is 24.5 Å². The Hall–Kier alpha value is -2.54. The summed E-state index contributed by atoms with van der Waals surface area (Å²) in [5.74, 6) is 0.0480. The molecule has 0 fully saturated rings. The predicted octanol–water partition coefficient (Wildman–Crippen LogP) is 3.02. The number of amides is 1. The van der Waals surface area contributed by atoms with Gasteiger partial charge in [0.15, 0.2) is 6.10 Å². The Balaban J connectivity index is 1.82. The lowest BCUT2D eigenvalue weighted by molar-refractivity contribution is -0.128. The van der Waals surface area contributed by atoms with Crippen molar-refractivity contribution < 1.29 is 17.9 Å². The quantitative estimate of drug-likeness (QED) is 0.853. The van der Waals surface area contributed by atoms with Crippen molar-refractivity contribution in [3.63, 3.8) is 0 Å². The maximum atomic E-state index is 12.8. The lowest BCUT2D eigenvalue weighted by Crippen LogP contribution is -2.50. The molecule has 0 aromatic heterocycles. The monoisotopic (exact) mass is 402 g/mol. The maximum Gasteiger partial charge on any atom is 0.263 e. The Morgan fingerprint density at radius 2 is 1.86 bits per heavy atom. The molecule has 1 aliphatic rings. The van der Waals surface area contributed by atoms with Gasteiger partial charge < -0.3 is 10.1 Å². The molecule has 0 aliphatic carbocycles. The molecule has 0 radical (unpaired) electrons. The van der Waals surface area contributed by atoms with Crippen LogP contribution in [0, 0.1) is 20.8 Å². The fraction of sp³-hybridized carbons (Fsp3) is 0.381. The van der Waals surface area contributed by atoms with E-state index < -0.39 is 16.1 Å². The Morgan fingerprint density at radius 3 is 2.50 bits per heavy atom. The third kappa shape index (κ3) is 4.14. The van der Waals surface area contributed by atoms with Crippen molar-refractivity contribution in [2.24, 2.45) is 0 Å². The van der Waals surface area contributed by atoms with Gasteiger partial charge in [-0.05, 0) is 62.1 Å². The third-order valence-electron chi connectivity index (χ3n) is 5.07. The number of hydrogen-bond acceptors (Lipinski definition) is 4. The zero-order valence-corrected chi connectivity index (χ0v) is 17.6. The van der Waals surface area contributed by atoms with E-state index in [4.69, 9.17) is 4.74 Å². The summed E-state index contributed by atoms with van der Waals surface area (Å²) in [5.41, 5.74) is 4.72. The molecule has 0 saturated heterocycles. The number of nitrogens with one attached hydrogen (secondary N) is 1. The lowest BCUT2D eigenvalue weighted by Gasteiger charge is -2.34. The van der Waals surface area contributed by atoms with E-state index in [0.29, 0.717) is 11.4 Å². The first-order valence-corrected chi connectivity index (χ1v) is 11.0. The summed E-state index contributed by atoms with van der Waals surface area (Å²) in [4.78, 5) is 12.8. The normalized spacial score (nSPS) is 17.5. The number of aryl methyl sites for hydroxylation is 3. The largest absolute Gasteiger partial charge is 0.476 e. The van der Waals surface area contributed by atoms with Gasteiger partial charge in [0, 0.05) is 0 Å². The van der Waals surface area contributed by atoms with E-state index in [2.05, 4.69) is 5.32 Å². The molecular formula is C21H26N2O4S. The summed E-state index contributed by atoms with van der Waals surface area (Å²) < 4.78 is 31.6. The number of ether oxygens (including phenoxy) is 1. The maximum absolute atomic E-state index is 12.8. The van der Waals surface area contributed by atoms with Gasteiger partial charge in [-0.3, -0.25) is 9.10 Å². The molecule has 6 nitrogen and oxygen atoms in total. The second-order valence-corrected chi connectivity index (χ2v) is 9.35. The Labute approximate surface area is 166 Å². The highest BCUT2D eigenvalue weighted by Crippen LogP contribution is 2.35. The van der Waals surface area contributed by atoms with E-state index in [1.165, 1.54) is 9.87 Å². The van der Waals surface area contributed by atoms with Crippen LogP contribution in [-0.2, 0) is 14.8 Å². The SMILES string of the molecule is Cc1ccc2c(c1)N(S(C)(=O)=O)C[C@@H](C(=O)N[C@@H](C)c1ccc(C)c(C)c1)O2. The minimum absolute atomic E-state index is 0.0548. The van der Waals surface area contributed by atoms with Crippen LogP contribution < -0.4 is 14.4 Å². The van der Waals surface area contributed by atoms with Crippen LogP contribution in [0.3, 0.4) is 0 Å². The molecule has 150 valence electrons. The highest BCUT2D eigenvalue weighted by Gasteiger charge is 2.35. The standard InChI is InChI=1S/C21H26N2O4S/c1-13-6-9-19-18(10-13)23(28(5,25)26)12-20(27-19)21(24)22-16(4)17-8-7-14(2)15(3)11-17/h6-11,16,20H,12H2,1-5H3,(H,22,24)/t16-,20-/m0/s1. The highest BCUT2D eigenvalue weighted by molar-refractivity contribution is 7.92. The van der Waals surface area contributed by atoms with Crippen LogP contribution in [0.1, 0.15) is 35.2 Å². The van der Waals surface area contributed by atoms with Crippen LogP contribution in [-0.4, -0.2) is 33.2 Å². The van der Waals surface area contributed by atoms with Gasteiger partial charge in [0.1, 0.15) is 5.75 Å². The summed E-state index contributed by atoms with van der Waals surface area (Å²) >= 11 is 0. The number of carbonyl (C=O) groups excluding carboxylic acids is 1. The summed E-state index contributed by atoms with van der Waals surface area (Å²) in [7, 11) is -3.54. The van der Waals surface area contributed by atoms with E-state index >= 15 is 0 Å². The molecule has 0 bridgehead atoms. The Kier molecular flexibility index (Phi) is 5.39. The molecule has 2 atom stereocenters. The summed E-state index contributed by atoms with van der Waals surface area (Å²) in [5, 5.41) is 2.94. The average Bonchev–Trinajstić information content (AvgIpc) is 2.62. The molecule has 28 heavy (non-hydrogen) atoms. The highest BCUT2D eigenvalue weighted by atomic mass is 32.2. The smallest absolute Gasteiger partial charge is 0.263 e. The molecule has 7 heteroatoms. The first kappa shape index (κ1) is 20.2. The van der Waals surface area contributed by atoms with Crippen molar-refractivity contribution in [2.45, 2.75) is 39.8 Å². The van der Waals surface area contributed by atoms with Crippen LogP contribution in [0.25, 0.3) is 0 Å². The summed E-state index contributed by atoms with van der Waals surface area (Å²) in [6, 6.07) is 11.1. The van der Waals surface area contributed by atoms with Crippen LogP contribution in [0.4, 0.5) is 5.69 Å². The number of nitrogens with zero attached hydrogens (tertiary/aromatic N) is 1. The second kappa shape index (κ2) is 7.47. The molecular weight excluding hydrogens is 376 g/mol. The van der Waals surface area contributed by atoms with E-state index in [1.807, 2.05) is 52.0 Å². The topological polar surface area (TPSA) is 75.7 Å². The van der Waals surface area contributed by atoms with Gasteiger partial charge in [-0.15, -0.1) is 0 Å². The first-order chi connectivity index (χ1) is 13.1. The Morgan fingerprint density at radius 1 is 1.14 bits per heavy atom. The van der Waals surface area contributed by atoms with Gasteiger partial charge in [0.25, 0.3) is 5.91 Å². The molecule has 1 amide bonds. The number of fused-ring (bicyclic) bond motifs is 1. The zero-order valence-electron chi connectivity index (χ0n) is 16.8. The number of anilines is 1. The number of hydrogen-bond donors (Lipinski definition) is 1. The number of benzene rings is 2. The van der Waals surface area contributed by atoms with Crippen LogP contribution in [0.15, 0.2) is 36.4 Å². The zero-order chi connectivity index (χ0) is 20.6. The van der Waals surface area contributed by atoms with Crippen molar-refractivity contribution in [3.05, 3.63) is 58.7 Å². The number of rotatable bonds is 4. The van der Waals surface area contributed by atoms with Crippen LogP contribution >= 0.6 is 0 Å². The van der Waals surface area contributed by atoms with Crippen molar-refractivity contribution in [1.29, 1.82) is 0 Å². The second-order valence-electron chi connectivity index (χ2n) is 7.45. The fourth-order valence-corrected chi connectivity index (χ4v) is 4.14. The summed E-state index contributed by atoms with van der Waals surface area (Å²) in [6.45, 7) is 7.79. The van der Waals surface area contributed by atoms with Gasteiger partial charge >= 0.3 is 0 Å². The summed E-state index contributed by atoms with van der Waals surface area (Å²) in [6.07, 6.45) is 0.218. The molecule has 1 N–H and O–H groups in total.